The molecule has 0 heterocycles. The number of carbonyl (C=O) groups excluding carboxylic acids is 1. The summed E-state index contributed by atoms with van der Waals surface area (Å²) in [4.78, 5) is 11.8. The summed E-state index contributed by atoms with van der Waals surface area (Å²) < 4.78 is 16.9. The van der Waals surface area contributed by atoms with E-state index in [0.717, 1.165) is 6.42 Å². The second-order valence-corrected chi connectivity index (χ2v) is 6.11. The van der Waals surface area contributed by atoms with E-state index in [4.69, 9.17) is 10.5 Å². The molecule has 1 amide bonds. The van der Waals surface area contributed by atoms with Crippen molar-refractivity contribution in [1.82, 2.24) is 0 Å². The van der Waals surface area contributed by atoms with Gasteiger partial charge >= 0.3 is 0 Å². The minimum Gasteiger partial charge on any atom is -0.495 e. The van der Waals surface area contributed by atoms with Crippen molar-refractivity contribution in [2.75, 3.05) is 23.9 Å². The standard InChI is InChI=1S/C13H20N2O3S/c1-4-9(2)19(17)8-13(16)15-11-7-10(14)5-6-12(11)18-3/h5-7,9H,4,8,14H2,1-3H3,(H,15,16). The Kier molecular flexibility index (Phi) is 5.82. The van der Waals surface area contributed by atoms with Gasteiger partial charge in [0.15, 0.2) is 0 Å². The van der Waals surface area contributed by atoms with E-state index in [1.54, 1.807) is 18.2 Å². The fourth-order valence-corrected chi connectivity index (χ4v) is 2.45. The first-order valence-corrected chi connectivity index (χ1v) is 7.46. The van der Waals surface area contributed by atoms with Crippen molar-refractivity contribution in [3.8, 4) is 5.75 Å². The molecule has 0 radical (unpaired) electrons. The van der Waals surface area contributed by atoms with Gasteiger partial charge in [0.05, 0.1) is 12.8 Å². The lowest BCUT2D eigenvalue weighted by molar-refractivity contribution is -0.113. The van der Waals surface area contributed by atoms with Crippen LogP contribution >= 0.6 is 0 Å². The maximum Gasteiger partial charge on any atom is 0.237 e. The maximum atomic E-state index is 11.8. The number of rotatable bonds is 6. The lowest BCUT2D eigenvalue weighted by atomic mass is 10.2. The molecule has 3 N–H and O–H groups in total. The molecule has 6 heteroatoms. The van der Waals surface area contributed by atoms with Gasteiger partial charge < -0.3 is 15.8 Å². The van der Waals surface area contributed by atoms with E-state index >= 15 is 0 Å². The second-order valence-electron chi connectivity index (χ2n) is 4.25. The summed E-state index contributed by atoms with van der Waals surface area (Å²) in [5.74, 6) is 0.201. The third kappa shape index (κ3) is 4.55. The molecule has 0 aliphatic carbocycles. The van der Waals surface area contributed by atoms with Crippen molar-refractivity contribution < 1.29 is 13.7 Å². The van der Waals surface area contributed by atoms with Gasteiger partial charge in [0.25, 0.3) is 0 Å². The van der Waals surface area contributed by atoms with Crippen molar-refractivity contribution in [1.29, 1.82) is 0 Å². The van der Waals surface area contributed by atoms with Crippen LogP contribution in [0.15, 0.2) is 18.2 Å². The van der Waals surface area contributed by atoms with Crippen LogP contribution in [0.5, 0.6) is 5.75 Å². The summed E-state index contributed by atoms with van der Waals surface area (Å²) in [5, 5.41) is 2.68. The number of nitrogens with two attached hydrogens (primary N) is 1. The van der Waals surface area contributed by atoms with Crippen molar-refractivity contribution in [3.05, 3.63) is 18.2 Å². The normalized spacial score (nSPS) is 13.6. The van der Waals surface area contributed by atoms with Crippen molar-refractivity contribution in [3.63, 3.8) is 0 Å². The molecule has 0 aromatic heterocycles. The number of nitrogen functional groups attached to an aromatic ring is 1. The highest BCUT2D eigenvalue weighted by molar-refractivity contribution is 7.86. The fraction of sp³-hybridized carbons (Fsp3) is 0.462. The fourth-order valence-electron chi connectivity index (χ4n) is 1.47. The van der Waals surface area contributed by atoms with E-state index in [1.165, 1.54) is 7.11 Å². The summed E-state index contributed by atoms with van der Waals surface area (Å²) in [5.41, 5.74) is 6.68. The Balaban J connectivity index is 2.72. The largest absolute Gasteiger partial charge is 0.495 e. The minimum atomic E-state index is -1.17. The van der Waals surface area contributed by atoms with Gasteiger partial charge in [-0.3, -0.25) is 9.00 Å². The van der Waals surface area contributed by atoms with Crippen LogP contribution in [0, 0.1) is 0 Å². The molecule has 1 rings (SSSR count). The molecule has 2 atom stereocenters. The number of carbonyl (C=O) groups is 1. The van der Waals surface area contributed by atoms with E-state index < -0.39 is 10.8 Å². The molecule has 0 saturated carbocycles. The third-order valence-corrected chi connectivity index (χ3v) is 4.57. The predicted molar refractivity (Wildman–Crippen MR) is 78.8 cm³/mol. The number of anilines is 2. The van der Waals surface area contributed by atoms with Crippen LogP contribution in [-0.4, -0.2) is 28.2 Å². The van der Waals surface area contributed by atoms with Crippen molar-refractivity contribution in [2.24, 2.45) is 0 Å². The zero-order chi connectivity index (χ0) is 14.4. The van der Waals surface area contributed by atoms with Crippen LogP contribution in [0.3, 0.4) is 0 Å². The second kappa shape index (κ2) is 7.13. The molecule has 1 aromatic carbocycles. The number of ether oxygens (including phenoxy) is 1. The lowest BCUT2D eigenvalue weighted by Gasteiger charge is -2.12. The summed E-state index contributed by atoms with van der Waals surface area (Å²) in [6.07, 6.45) is 0.779. The number of methoxy groups -OCH3 is 1. The number of amides is 1. The quantitative estimate of drug-likeness (QED) is 0.780. The Morgan fingerprint density at radius 1 is 1.53 bits per heavy atom. The molecule has 0 aliphatic rings. The average molecular weight is 284 g/mol. The van der Waals surface area contributed by atoms with Gasteiger partial charge in [-0.15, -0.1) is 0 Å². The van der Waals surface area contributed by atoms with E-state index in [-0.39, 0.29) is 16.9 Å². The van der Waals surface area contributed by atoms with Gasteiger partial charge in [-0.05, 0) is 24.6 Å². The topological polar surface area (TPSA) is 81.4 Å². The van der Waals surface area contributed by atoms with Gasteiger partial charge in [-0.1, -0.05) is 13.8 Å². The summed E-state index contributed by atoms with van der Waals surface area (Å²) in [6.45, 7) is 3.81. The highest BCUT2D eigenvalue weighted by atomic mass is 32.2. The predicted octanol–water partition coefficient (Wildman–Crippen LogP) is 1.76. The van der Waals surface area contributed by atoms with Gasteiger partial charge in [0.2, 0.25) is 5.91 Å². The van der Waals surface area contributed by atoms with Crippen LogP contribution in [0.1, 0.15) is 20.3 Å². The molecule has 5 nitrogen and oxygen atoms in total. The number of hydrogen-bond donors (Lipinski definition) is 2. The number of hydrogen-bond acceptors (Lipinski definition) is 4. The molecule has 2 unspecified atom stereocenters. The summed E-state index contributed by atoms with van der Waals surface area (Å²) in [7, 11) is 0.346. The smallest absolute Gasteiger partial charge is 0.237 e. The Morgan fingerprint density at radius 3 is 2.79 bits per heavy atom. The third-order valence-electron chi connectivity index (χ3n) is 2.79. The van der Waals surface area contributed by atoms with Gasteiger partial charge in [-0.25, -0.2) is 0 Å². The summed E-state index contributed by atoms with van der Waals surface area (Å²) in [6, 6.07) is 4.98. The van der Waals surface area contributed by atoms with E-state index in [2.05, 4.69) is 5.32 Å². The van der Waals surface area contributed by atoms with Gasteiger partial charge in [0.1, 0.15) is 11.5 Å². The first-order valence-electron chi connectivity index (χ1n) is 6.08. The molecule has 0 spiro atoms. The van der Waals surface area contributed by atoms with Crippen molar-refractivity contribution >= 4 is 28.1 Å². The molecule has 1 aromatic rings. The summed E-state index contributed by atoms with van der Waals surface area (Å²) >= 11 is 0. The van der Waals surface area contributed by atoms with Gasteiger partial charge in [-0.2, -0.15) is 0 Å². The van der Waals surface area contributed by atoms with E-state index in [1.807, 2.05) is 13.8 Å². The Morgan fingerprint density at radius 2 is 2.21 bits per heavy atom. The Bertz CT molecular complexity index is 477. The average Bonchev–Trinajstić information content (AvgIpc) is 2.37. The molecule has 106 valence electrons. The zero-order valence-electron chi connectivity index (χ0n) is 11.4. The van der Waals surface area contributed by atoms with Gasteiger partial charge in [0, 0.05) is 21.7 Å². The van der Waals surface area contributed by atoms with Crippen LogP contribution in [0.4, 0.5) is 11.4 Å². The molecule has 0 bridgehead atoms. The zero-order valence-corrected chi connectivity index (χ0v) is 12.3. The highest BCUT2D eigenvalue weighted by Gasteiger charge is 2.15. The van der Waals surface area contributed by atoms with Crippen molar-refractivity contribution in [2.45, 2.75) is 25.5 Å². The molecule has 0 fully saturated rings. The number of nitrogens with one attached hydrogen (secondary N) is 1. The SMILES string of the molecule is CCC(C)S(=O)CC(=O)Nc1cc(N)ccc1OC. The van der Waals surface area contributed by atoms with Crippen LogP contribution < -0.4 is 15.8 Å². The van der Waals surface area contributed by atoms with Crippen LogP contribution in [-0.2, 0) is 15.6 Å². The lowest BCUT2D eigenvalue weighted by Crippen LogP contribution is -2.24. The van der Waals surface area contributed by atoms with Crippen LogP contribution in [0.2, 0.25) is 0 Å². The molecule has 19 heavy (non-hydrogen) atoms. The maximum absolute atomic E-state index is 11.8. The minimum absolute atomic E-state index is 0.00786. The van der Waals surface area contributed by atoms with E-state index in [9.17, 15) is 9.00 Å². The number of benzene rings is 1. The first kappa shape index (κ1) is 15.5. The van der Waals surface area contributed by atoms with E-state index in [0.29, 0.717) is 17.1 Å². The molecular formula is C13H20N2O3S. The van der Waals surface area contributed by atoms with Crippen LogP contribution in [0.25, 0.3) is 0 Å². The Hall–Kier alpha value is -1.56. The molecule has 0 aliphatic heterocycles. The monoisotopic (exact) mass is 284 g/mol. The highest BCUT2D eigenvalue weighted by Crippen LogP contribution is 2.26. The molecule has 0 saturated heterocycles. The molecular weight excluding hydrogens is 264 g/mol. The Labute approximate surface area is 116 Å². The first-order chi connectivity index (χ1) is 8.97.